The number of aromatic nitrogens is 2. The normalized spacial score (nSPS) is 14.6. The molecule has 2 N–H and O–H groups in total. The first-order valence-electron chi connectivity index (χ1n) is 9.94. The van der Waals surface area contributed by atoms with E-state index < -0.39 is 15.9 Å². The van der Waals surface area contributed by atoms with Gasteiger partial charge in [0.05, 0.1) is 18.9 Å². The number of sulfonamides is 1. The summed E-state index contributed by atoms with van der Waals surface area (Å²) in [5, 5.41) is 2.64. The number of ether oxygens (including phenoxy) is 1. The summed E-state index contributed by atoms with van der Waals surface area (Å²) in [7, 11) is -0.855. The van der Waals surface area contributed by atoms with E-state index in [-0.39, 0.29) is 29.0 Å². The molecule has 0 radical (unpaired) electrons. The SMILES string of the molecule is Cc1nc(N2CCOCC2)[nH]c(=O)c1CCC(=O)Nc1ccccc1S(=O)(=O)N(C)C. The predicted octanol–water partition coefficient (Wildman–Crippen LogP) is 0.737. The number of morpholine rings is 1. The molecule has 0 spiro atoms. The van der Waals surface area contributed by atoms with Crippen molar-refractivity contribution in [3.8, 4) is 0 Å². The number of aryl methyl sites for hydroxylation is 1. The Bertz CT molecular complexity index is 1110. The van der Waals surface area contributed by atoms with E-state index >= 15 is 0 Å². The Balaban J connectivity index is 1.70. The van der Waals surface area contributed by atoms with Crippen molar-refractivity contribution in [2.75, 3.05) is 50.6 Å². The number of nitrogens with zero attached hydrogens (tertiary/aromatic N) is 3. The molecule has 1 amide bonds. The molecule has 1 aliphatic heterocycles. The lowest BCUT2D eigenvalue weighted by atomic mass is 10.1. The molecule has 10 nitrogen and oxygen atoms in total. The third-order valence-electron chi connectivity index (χ3n) is 5.04. The second-order valence-electron chi connectivity index (χ2n) is 7.38. The van der Waals surface area contributed by atoms with Crippen molar-refractivity contribution in [3.63, 3.8) is 0 Å². The highest BCUT2D eigenvalue weighted by atomic mass is 32.2. The van der Waals surface area contributed by atoms with Crippen LogP contribution in [0.2, 0.25) is 0 Å². The first kappa shape index (κ1) is 22.9. The van der Waals surface area contributed by atoms with Crippen LogP contribution in [0.25, 0.3) is 0 Å². The van der Waals surface area contributed by atoms with E-state index in [1.54, 1.807) is 19.1 Å². The van der Waals surface area contributed by atoms with Crippen molar-refractivity contribution in [2.45, 2.75) is 24.7 Å². The highest BCUT2D eigenvalue weighted by Crippen LogP contribution is 2.23. The Morgan fingerprint density at radius 1 is 1.26 bits per heavy atom. The largest absolute Gasteiger partial charge is 0.378 e. The summed E-state index contributed by atoms with van der Waals surface area (Å²) >= 11 is 0. The van der Waals surface area contributed by atoms with Crippen LogP contribution in [0, 0.1) is 6.92 Å². The molecule has 3 rings (SSSR count). The number of benzene rings is 1. The molecule has 0 aliphatic carbocycles. The third kappa shape index (κ3) is 5.30. The van der Waals surface area contributed by atoms with E-state index in [1.807, 2.05) is 4.90 Å². The molecule has 2 heterocycles. The molecule has 0 saturated carbocycles. The highest BCUT2D eigenvalue weighted by Gasteiger charge is 2.22. The van der Waals surface area contributed by atoms with Gasteiger partial charge in [-0.3, -0.25) is 14.6 Å². The number of H-pyrrole nitrogens is 1. The second-order valence-corrected chi connectivity index (χ2v) is 9.50. The van der Waals surface area contributed by atoms with Crippen molar-refractivity contribution in [1.29, 1.82) is 0 Å². The lowest BCUT2D eigenvalue weighted by Crippen LogP contribution is -2.38. The molecular weight excluding hydrogens is 422 g/mol. The molecule has 31 heavy (non-hydrogen) atoms. The molecule has 2 aromatic rings. The Kier molecular flexibility index (Phi) is 7.08. The van der Waals surface area contributed by atoms with Gasteiger partial charge in [0.15, 0.2) is 0 Å². The maximum atomic E-state index is 12.6. The van der Waals surface area contributed by atoms with E-state index in [9.17, 15) is 18.0 Å². The molecule has 11 heteroatoms. The molecule has 0 atom stereocenters. The number of anilines is 2. The number of rotatable bonds is 7. The van der Waals surface area contributed by atoms with Crippen molar-refractivity contribution in [3.05, 3.63) is 45.9 Å². The minimum Gasteiger partial charge on any atom is -0.378 e. The highest BCUT2D eigenvalue weighted by molar-refractivity contribution is 7.89. The number of aromatic amines is 1. The summed E-state index contributed by atoms with van der Waals surface area (Å²) in [4.78, 5) is 34.3. The number of carbonyl (C=O) groups excluding carboxylic acids is 1. The standard InChI is InChI=1S/C20H27N5O5S/c1-14-15(19(27)23-20(21-14)25-10-12-30-13-11-25)8-9-18(26)22-16-6-4-5-7-17(16)31(28,29)24(2)3/h4-7H,8-13H2,1-3H3,(H,22,26)(H,21,23,27). The molecule has 0 bridgehead atoms. The minimum atomic E-state index is -3.71. The van der Waals surface area contributed by atoms with Gasteiger partial charge >= 0.3 is 0 Å². The van der Waals surface area contributed by atoms with Crippen molar-refractivity contribution in [1.82, 2.24) is 14.3 Å². The zero-order valence-corrected chi connectivity index (χ0v) is 18.7. The van der Waals surface area contributed by atoms with Crippen LogP contribution in [-0.2, 0) is 26.0 Å². The topological polar surface area (TPSA) is 125 Å². The fraction of sp³-hybridized carbons (Fsp3) is 0.450. The fourth-order valence-corrected chi connectivity index (χ4v) is 4.30. The zero-order chi connectivity index (χ0) is 22.6. The lowest BCUT2D eigenvalue weighted by Gasteiger charge is -2.27. The van der Waals surface area contributed by atoms with Gasteiger partial charge in [0.25, 0.3) is 5.56 Å². The molecule has 1 saturated heterocycles. The third-order valence-corrected chi connectivity index (χ3v) is 6.92. The average molecular weight is 450 g/mol. The second kappa shape index (κ2) is 9.58. The Morgan fingerprint density at radius 2 is 1.94 bits per heavy atom. The molecule has 1 aromatic heterocycles. The summed E-state index contributed by atoms with van der Waals surface area (Å²) in [5.41, 5.74) is 0.917. The van der Waals surface area contributed by atoms with Crippen LogP contribution >= 0.6 is 0 Å². The Morgan fingerprint density at radius 3 is 2.58 bits per heavy atom. The summed E-state index contributed by atoms with van der Waals surface area (Å²) in [6.45, 7) is 4.20. The predicted molar refractivity (Wildman–Crippen MR) is 117 cm³/mol. The van der Waals surface area contributed by atoms with E-state index in [2.05, 4.69) is 15.3 Å². The molecule has 1 fully saturated rings. The van der Waals surface area contributed by atoms with Gasteiger partial charge in [0.2, 0.25) is 21.9 Å². The molecular formula is C20H27N5O5S. The van der Waals surface area contributed by atoms with E-state index in [0.29, 0.717) is 43.5 Å². The number of hydrogen-bond donors (Lipinski definition) is 2. The molecule has 1 aliphatic rings. The zero-order valence-electron chi connectivity index (χ0n) is 17.8. The van der Waals surface area contributed by atoms with E-state index in [0.717, 1.165) is 4.31 Å². The summed E-state index contributed by atoms with van der Waals surface area (Å²) in [5.74, 6) is 0.110. The van der Waals surface area contributed by atoms with Gasteiger partial charge < -0.3 is 15.0 Å². The van der Waals surface area contributed by atoms with Gasteiger partial charge in [-0.2, -0.15) is 0 Å². The number of para-hydroxylation sites is 1. The molecule has 168 valence electrons. The maximum Gasteiger partial charge on any atom is 0.255 e. The Hall–Kier alpha value is -2.76. The van der Waals surface area contributed by atoms with Gasteiger partial charge in [0.1, 0.15) is 4.90 Å². The van der Waals surface area contributed by atoms with Crippen LogP contribution in [0.4, 0.5) is 11.6 Å². The quantitative estimate of drug-likeness (QED) is 0.639. The van der Waals surface area contributed by atoms with E-state index in [4.69, 9.17) is 4.74 Å². The van der Waals surface area contributed by atoms with Crippen LogP contribution in [0.5, 0.6) is 0 Å². The molecule has 0 unspecified atom stereocenters. The van der Waals surface area contributed by atoms with Crippen LogP contribution < -0.4 is 15.8 Å². The van der Waals surface area contributed by atoms with Crippen LogP contribution in [-0.4, -0.2) is 69.0 Å². The van der Waals surface area contributed by atoms with Gasteiger partial charge in [-0.15, -0.1) is 0 Å². The van der Waals surface area contributed by atoms with Crippen LogP contribution in [0.15, 0.2) is 34.0 Å². The number of carbonyl (C=O) groups is 1. The monoisotopic (exact) mass is 449 g/mol. The van der Waals surface area contributed by atoms with Gasteiger partial charge in [-0.1, -0.05) is 12.1 Å². The fourth-order valence-electron chi connectivity index (χ4n) is 3.26. The molecule has 1 aromatic carbocycles. The van der Waals surface area contributed by atoms with Crippen LogP contribution in [0.3, 0.4) is 0 Å². The smallest absolute Gasteiger partial charge is 0.255 e. The summed E-state index contributed by atoms with van der Waals surface area (Å²) < 4.78 is 31.4. The van der Waals surface area contributed by atoms with Gasteiger partial charge in [0, 0.05) is 44.9 Å². The number of hydrogen-bond acceptors (Lipinski definition) is 7. The first-order chi connectivity index (χ1) is 14.7. The lowest BCUT2D eigenvalue weighted by molar-refractivity contribution is -0.116. The first-order valence-corrected chi connectivity index (χ1v) is 11.4. The number of amides is 1. The van der Waals surface area contributed by atoms with E-state index in [1.165, 1.54) is 26.2 Å². The van der Waals surface area contributed by atoms with Crippen molar-refractivity contribution in [2.24, 2.45) is 0 Å². The van der Waals surface area contributed by atoms with Crippen molar-refractivity contribution < 1.29 is 17.9 Å². The number of nitrogens with one attached hydrogen (secondary N) is 2. The van der Waals surface area contributed by atoms with Gasteiger partial charge in [-0.05, 0) is 25.5 Å². The Labute approximate surface area is 181 Å². The van der Waals surface area contributed by atoms with Crippen molar-refractivity contribution >= 4 is 27.6 Å². The maximum absolute atomic E-state index is 12.6. The summed E-state index contributed by atoms with van der Waals surface area (Å²) in [6, 6.07) is 6.21. The van der Waals surface area contributed by atoms with Gasteiger partial charge in [-0.25, -0.2) is 17.7 Å². The van der Waals surface area contributed by atoms with Crippen LogP contribution in [0.1, 0.15) is 17.7 Å². The summed E-state index contributed by atoms with van der Waals surface area (Å²) in [6.07, 6.45) is 0.199. The minimum absolute atomic E-state index is 0.0127. The average Bonchev–Trinajstić information content (AvgIpc) is 2.73.